The van der Waals surface area contributed by atoms with E-state index in [0.717, 1.165) is 16.8 Å². The average molecular weight is 538 g/mol. The molecule has 2 N–H and O–H groups in total. The van der Waals surface area contributed by atoms with E-state index >= 15 is 0 Å². The monoisotopic (exact) mass is 537 g/mol. The lowest BCUT2D eigenvalue weighted by atomic mass is 10.0. The fourth-order valence-electron chi connectivity index (χ4n) is 5.25. The third kappa shape index (κ3) is 5.16. The maximum absolute atomic E-state index is 13.6. The van der Waals surface area contributed by atoms with Crippen LogP contribution in [0.4, 0.5) is 17.1 Å². The summed E-state index contributed by atoms with van der Waals surface area (Å²) < 4.78 is 30.8. The van der Waals surface area contributed by atoms with Gasteiger partial charge in [-0.25, -0.2) is 12.7 Å². The average Bonchev–Trinajstić information content (AvgIpc) is 3.59. The molecule has 1 unspecified atom stereocenters. The second kappa shape index (κ2) is 10.2. The smallest absolute Gasteiger partial charge is 0.247 e. The lowest BCUT2D eigenvalue weighted by molar-refractivity contribution is -0.120. The highest BCUT2D eigenvalue weighted by atomic mass is 32.2. The molecule has 200 valence electrons. The molecular formula is C27H31N5O5S. The highest BCUT2D eigenvalue weighted by Gasteiger charge is 2.37. The van der Waals surface area contributed by atoms with Crippen LogP contribution in [0.5, 0.6) is 0 Å². The molecule has 2 atom stereocenters. The van der Waals surface area contributed by atoms with Gasteiger partial charge in [-0.2, -0.15) is 0 Å². The van der Waals surface area contributed by atoms with Gasteiger partial charge >= 0.3 is 0 Å². The van der Waals surface area contributed by atoms with Crippen LogP contribution in [-0.4, -0.2) is 61.1 Å². The lowest BCUT2D eigenvalue weighted by Gasteiger charge is -2.25. The molecule has 2 aliphatic heterocycles. The molecule has 3 aromatic rings. The SMILES string of the molecule is Cc1noc(C)c1-c1ccc(N[C@@H]2CCN(S(C)(=O)=O)C2)c(NC(=O)C2CCC(=O)N2c2ccccc2)c1. The van der Waals surface area contributed by atoms with Gasteiger partial charge in [0, 0.05) is 36.8 Å². The topological polar surface area (TPSA) is 125 Å². The van der Waals surface area contributed by atoms with Crippen molar-refractivity contribution >= 4 is 38.9 Å². The number of hydrogen-bond donors (Lipinski definition) is 2. The number of benzene rings is 2. The first-order valence-corrected chi connectivity index (χ1v) is 14.4. The quantitative estimate of drug-likeness (QED) is 0.472. The molecule has 2 saturated heterocycles. The van der Waals surface area contributed by atoms with Crippen molar-refractivity contribution in [3.63, 3.8) is 0 Å². The molecule has 3 heterocycles. The van der Waals surface area contributed by atoms with E-state index in [2.05, 4.69) is 15.8 Å². The van der Waals surface area contributed by atoms with Gasteiger partial charge in [0.1, 0.15) is 11.8 Å². The van der Waals surface area contributed by atoms with Gasteiger partial charge < -0.3 is 15.2 Å². The molecule has 0 radical (unpaired) electrons. The third-order valence-corrected chi connectivity index (χ3v) is 8.40. The lowest BCUT2D eigenvalue weighted by Crippen LogP contribution is -2.42. The van der Waals surface area contributed by atoms with E-state index in [-0.39, 0.29) is 17.9 Å². The molecule has 2 amide bonds. The zero-order chi connectivity index (χ0) is 27.0. The van der Waals surface area contributed by atoms with E-state index < -0.39 is 16.1 Å². The van der Waals surface area contributed by atoms with Crippen LogP contribution in [0.1, 0.15) is 30.7 Å². The molecule has 0 bridgehead atoms. The predicted molar refractivity (Wildman–Crippen MR) is 145 cm³/mol. The van der Waals surface area contributed by atoms with Gasteiger partial charge in [-0.15, -0.1) is 0 Å². The number of aryl methyl sites for hydroxylation is 2. The fourth-order valence-corrected chi connectivity index (χ4v) is 6.14. The summed E-state index contributed by atoms with van der Waals surface area (Å²) >= 11 is 0. The molecule has 2 fully saturated rings. The Morgan fingerprint density at radius 2 is 1.84 bits per heavy atom. The summed E-state index contributed by atoms with van der Waals surface area (Å²) in [4.78, 5) is 27.9. The fraction of sp³-hybridized carbons (Fsp3) is 0.370. The summed E-state index contributed by atoms with van der Waals surface area (Å²) in [5, 5.41) is 10.5. The molecule has 38 heavy (non-hydrogen) atoms. The summed E-state index contributed by atoms with van der Waals surface area (Å²) in [6.07, 6.45) is 2.56. The van der Waals surface area contributed by atoms with Crippen LogP contribution in [-0.2, 0) is 19.6 Å². The summed E-state index contributed by atoms with van der Waals surface area (Å²) in [5.74, 6) is 0.283. The van der Waals surface area contributed by atoms with E-state index in [4.69, 9.17) is 4.52 Å². The van der Waals surface area contributed by atoms with Crippen LogP contribution in [0, 0.1) is 13.8 Å². The van der Waals surface area contributed by atoms with Crippen molar-refractivity contribution in [1.29, 1.82) is 0 Å². The summed E-state index contributed by atoms with van der Waals surface area (Å²) in [5.41, 5.74) is 4.30. The largest absolute Gasteiger partial charge is 0.379 e. The zero-order valence-corrected chi connectivity index (χ0v) is 22.4. The Hall–Kier alpha value is -3.70. The Morgan fingerprint density at radius 3 is 2.50 bits per heavy atom. The zero-order valence-electron chi connectivity index (χ0n) is 21.6. The molecule has 2 aliphatic rings. The second-order valence-electron chi connectivity index (χ2n) is 9.85. The number of rotatable bonds is 7. The van der Waals surface area contributed by atoms with Crippen molar-refractivity contribution in [1.82, 2.24) is 9.46 Å². The number of carbonyl (C=O) groups excluding carboxylic acids is 2. The van der Waals surface area contributed by atoms with Crippen LogP contribution in [0.25, 0.3) is 11.1 Å². The van der Waals surface area contributed by atoms with E-state index in [1.54, 1.807) is 4.90 Å². The molecule has 0 aliphatic carbocycles. The Labute approximate surface area is 222 Å². The molecule has 5 rings (SSSR count). The van der Waals surface area contributed by atoms with Gasteiger partial charge in [0.2, 0.25) is 21.8 Å². The summed E-state index contributed by atoms with van der Waals surface area (Å²) in [6.45, 7) is 4.47. The number of nitrogens with zero attached hydrogens (tertiary/aromatic N) is 3. The minimum absolute atomic E-state index is 0.0917. The van der Waals surface area contributed by atoms with E-state index in [1.807, 2.05) is 62.4 Å². The summed E-state index contributed by atoms with van der Waals surface area (Å²) in [7, 11) is -3.28. The predicted octanol–water partition coefficient (Wildman–Crippen LogP) is 3.54. The normalized spacial score (nSPS) is 20.2. The van der Waals surface area contributed by atoms with Gasteiger partial charge in [-0.1, -0.05) is 29.4 Å². The molecule has 0 saturated carbocycles. The molecule has 2 aromatic carbocycles. The number of amides is 2. The van der Waals surface area contributed by atoms with Crippen LogP contribution >= 0.6 is 0 Å². The first kappa shape index (κ1) is 25.9. The first-order chi connectivity index (χ1) is 18.1. The van der Waals surface area contributed by atoms with E-state index in [1.165, 1.54) is 10.6 Å². The number of nitrogens with one attached hydrogen (secondary N) is 2. The highest BCUT2D eigenvalue weighted by Crippen LogP contribution is 2.35. The van der Waals surface area contributed by atoms with Gasteiger partial charge in [0.25, 0.3) is 0 Å². The summed E-state index contributed by atoms with van der Waals surface area (Å²) in [6, 6.07) is 14.1. The Bertz CT molecular complexity index is 1450. The van der Waals surface area contributed by atoms with E-state index in [0.29, 0.717) is 55.2 Å². The molecule has 10 nitrogen and oxygen atoms in total. The molecule has 0 spiro atoms. The number of sulfonamides is 1. The van der Waals surface area contributed by atoms with Crippen LogP contribution in [0.15, 0.2) is 53.1 Å². The van der Waals surface area contributed by atoms with Gasteiger partial charge in [0.15, 0.2) is 0 Å². The molecule has 1 aromatic heterocycles. The maximum Gasteiger partial charge on any atom is 0.247 e. The minimum Gasteiger partial charge on any atom is -0.379 e. The van der Waals surface area contributed by atoms with Gasteiger partial charge in [0.05, 0.1) is 23.3 Å². The van der Waals surface area contributed by atoms with Crippen molar-refractivity contribution in [2.45, 2.75) is 45.2 Å². The van der Waals surface area contributed by atoms with Crippen LogP contribution < -0.4 is 15.5 Å². The van der Waals surface area contributed by atoms with E-state index in [9.17, 15) is 18.0 Å². The Balaban J connectivity index is 1.45. The minimum atomic E-state index is -3.28. The number of anilines is 3. The van der Waals surface area contributed by atoms with Crippen molar-refractivity contribution in [2.24, 2.45) is 0 Å². The highest BCUT2D eigenvalue weighted by molar-refractivity contribution is 7.88. The van der Waals surface area contributed by atoms with Crippen molar-refractivity contribution in [3.05, 3.63) is 60.0 Å². The van der Waals surface area contributed by atoms with Crippen molar-refractivity contribution in [2.75, 3.05) is 34.9 Å². The second-order valence-corrected chi connectivity index (χ2v) is 11.8. The third-order valence-electron chi connectivity index (χ3n) is 7.13. The van der Waals surface area contributed by atoms with Crippen molar-refractivity contribution < 1.29 is 22.5 Å². The number of carbonyl (C=O) groups is 2. The van der Waals surface area contributed by atoms with Gasteiger partial charge in [-0.05, 0) is 56.5 Å². The van der Waals surface area contributed by atoms with Crippen molar-refractivity contribution in [3.8, 4) is 11.1 Å². The number of aromatic nitrogens is 1. The number of para-hydroxylation sites is 1. The molecular weight excluding hydrogens is 506 g/mol. The maximum atomic E-state index is 13.6. The molecule has 11 heteroatoms. The number of hydrogen-bond acceptors (Lipinski definition) is 7. The Kier molecular flexibility index (Phi) is 6.97. The standard InChI is InChI=1S/C27H31N5O5S/c1-17-26(18(2)37-30-17)19-9-10-22(28-20-13-14-31(16-20)38(3,35)36)23(15-19)29-27(34)24-11-12-25(33)32(24)21-7-5-4-6-8-21/h4-10,15,20,24,28H,11-14,16H2,1-3H3,(H,29,34)/t20-,24?/m1/s1. The van der Waals surface area contributed by atoms with Crippen LogP contribution in [0.2, 0.25) is 0 Å². The van der Waals surface area contributed by atoms with Gasteiger partial charge in [-0.3, -0.25) is 14.5 Å². The van der Waals surface area contributed by atoms with Crippen LogP contribution in [0.3, 0.4) is 0 Å². The first-order valence-electron chi connectivity index (χ1n) is 12.6. The Morgan fingerprint density at radius 1 is 1.08 bits per heavy atom.